The molecular weight excluding hydrogens is 409 g/mol. The highest BCUT2D eigenvalue weighted by Gasteiger charge is 2.16. The van der Waals surface area contributed by atoms with E-state index in [-0.39, 0.29) is 18.1 Å². The number of hydrogen-bond donors (Lipinski definition) is 0. The minimum atomic E-state index is -0.365. The minimum absolute atomic E-state index is 0.275. The summed E-state index contributed by atoms with van der Waals surface area (Å²) in [7, 11) is 1.56. The average Bonchev–Trinajstić information content (AvgIpc) is 3.12. The Morgan fingerprint density at radius 1 is 1.06 bits per heavy atom. The molecule has 0 unspecified atom stereocenters. The van der Waals surface area contributed by atoms with Gasteiger partial charge in [-0.05, 0) is 77.7 Å². The van der Waals surface area contributed by atoms with E-state index in [1.165, 1.54) is 21.6 Å². The van der Waals surface area contributed by atoms with Gasteiger partial charge in [0.15, 0.2) is 0 Å². The summed E-state index contributed by atoms with van der Waals surface area (Å²) in [5.74, 6) is 0.368. The maximum absolute atomic E-state index is 13.2. The predicted molar refractivity (Wildman–Crippen MR) is 119 cm³/mol. The largest absolute Gasteiger partial charge is 0.489 e. The summed E-state index contributed by atoms with van der Waals surface area (Å²) in [5.41, 5.74) is 5.84. The molecule has 0 fully saturated rings. The third-order valence-electron chi connectivity index (χ3n) is 5.48. The van der Waals surface area contributed by atoms with Gasteiger partial charge in [0.1, 0.15) is 18.2 Å². The molecule has 32 heavy (non-hydrogen) atoms. The average molecular weight is 433 g/mol. The first-order valence-corrected chi connectivity index (χ1v) is 10.3. The van der Waals surface area contributed by atoms with Crippen molar-refractivity contribution in [2.75, 3.05) is 0 Å². The van der Waals surface area contributed by atoms with Crippen molar-refractivity contribution >= 4 is 0 Å². The molecule has 2 heterocycles. The van der Waals surface area contributed by atoms with Gasteiger partial charge in [0, 0.05) is 18.2 Å². The molecule has 4 rings (SSSR count). The van der Waals surface area contributed by atoms with Gasteiger partial charge in [-0.25, -0.2) is 9.18 Å². The Bertz CT molecular complexity index is 1330. The Morgan fingerprint density at radius 2 is 1.88 bits per heavy atom. The zero-order valence-corrected chi connectivity index (χ0v) is 18.5. The van der Waals surface area contributed by atoms with E-state index < -0.39 is 0 Å². The van der Waals surface area contributed by atoms with Crippen molar-refractivity contribution in [3.8, 4) is 22.7 Å². The Balaban J connectivity index is 1.67. The molecule has 2 aromatic carbocycles. The summed E-state index contributed by atoms with van der Waals surface area (Å²) in [6, 6.07) is 12.8. The van der Waals surface area contributed by atoms with Gasteiger partial charge in [0.25, 0.3) is 0 Å². The van der Waals surface area contributed by atoms with Crippen LogP contribution in [0.3, 0.4) is 0 Å². The van der Waals surface area contributed by atoms with Crippen LogP contribution in [-0.2, 0) is 20.1 Å². The summed E-state index contributed by atoms with van der Waals surface area (Å²) in [6.45, 7) is 6.26. The van der Waals surface area contributed by atoms with Crippen molar-refractivity contribution in [2.45, 2.75) is 33.8 Å². The van der Waals surface area contributed by atoms with E-state index in [4.69, 9.17) is 4.74 Å². The zero-order chi connectivity index (χ0) is 22.8. The number of aryl methyl sites for hydroxylation is 4. The summed E-state index contributed by atoms with van der Waals surface area (Å²) < 4.78 is 21.9. The Hall–Kier alpha value is -3.81. The lowest BCUT2D eigenvalue weighted by Gasteiger charge is -2.17. The molecule has 0 aliphatic heterocycles. The molecule has 0 saturated heterocycles. The molecule has 2 aromatic heterocycles. The van der Waals surface area contributed by atoms with E-state index in [0.717, 1.165) is 40.0 Å². The maximum atomic E-state index is 13.2. The molecule has 0 aliphatic carbocycles. The van der Waals surface area contributed by atoms with Gasteiger partial charge in [-0.15, -0.1) is 0 Å². The van der Waals surface area contributed by atoms with Crippen LogP contribution in [0.15, 0.2) is 53.5 Å². The molecular formula is C24H24FN5O2. The molecule has 0 radical (unpaired) electrons. The number of ether oxygens (including phenoxy) is 1. The summed E-state index contributed by atoms with van der Waals surface area (Å²) in [4.78, 5) is 16.6. The second-order valence-corrected chi connectivity index (χ2v) is 7.65. The normalized spacial score (nSPS) is 11.0. The van der Waals surface area contributed by atoms with Crippen LogP contribution in [0.1, 0.15) is 29.2 Å². The van der Waals surface area contributed by atoms with Gasteiger partial charge in [-0.3, -0.25) is 4.98 Å². The SMILES string of the molecule is CCc1cccc(-n2nnn(C)c2=O)c1COc1cc(C)c(-c2ccc(F)cn2)cc1C. The fourth-order valence-electron chi connectivity index (χ4n) is 3.69. The van der Waals surface area contributed by atoms with Crippen LogP contribution in [0, 0.1) is 19.7 Å². The highest BCUT2D eigenvalue weighted by atomic mass is 19.1. The monoisotopic (exact) mass is 433 g/mol. The fraction of sp³-hybridized carbons (Fsp3) is 0.250. The van der Waals surface area contributed by atoms with Crippen molar-refractivity contribution in [3.63, 3.8) is 0 Å². The molecule has 0 aliphatic rings. The van der Waals surface area contributed by atoms with Crippen LogP contribution in [0.5, 0.6) is 5.75 Å². The number of halogens is 1. The van der Waals surface area contributed by atoms with Gasteiger partial charge in [0.05, 0.1) is 17.6 Å². The third-order valence-corrected chi connectivity index (χ3v) is 5.48. The van der Waals surface area contributed by atoms with E-state index >= 15 is 0 Å². The number of aromatic nitrogens is 5. The first-order valence-electron chi connectivity index (χ1n) is 10.3. The lowest BCUT2D eigenvalue weighted by Crippen LogP contribution is -2.23. The fourth-order valence-corrected chi connectivity index (χ4v) is 3.69. The molecule has 164 valence electrons. The van der Waals surface area contributed by atoms with Gasteiger partial charge in [0.2, 0.25) is 0 Å². The molecule has 0 spiro atoms. The van der Waals surface area contributed by atoms with Crippen molar-refractivity contribution in [1.82, 2.24) is 24.8 Å². The maximum Gasteiger partial charge on any atom is 0.368 e. The van der Waals surface area contributed by atoms with Crippen LogP contribution in [0.2, 0.25) is 0 Å². The molecule has 0 saturated carbocycles. The molecule has 0 N–H and O–H groups in total. The van der Waals surface area contributed by atoms with E-state index in [9.17, 15) is 9.18 Å². The number of pyridine rings is 1. The van der Waals surface area contributed by atoms with Crippen molar-refractivity contribution in [1.29, 1.82) is 0 Å². The van der Waals surface area contributed by atoms with E-state index in [0.29, 0.717) is 11.4 Å². The van der Waals surface area contributed by atoms with Crippen LogP contribution in [-0.4, -0.2) is 24.8 Å². The van der Waals surface area contributed by atoms with Gasteiger partial charge < -0.3 is 4.74 Å². The lowest BCUT2D eigenvalue weighted by atomic mass is 10.0. The van der Waals surface area contributed by atoms with E-state index in [2.05, 4.69) is 22.3 Å². The topological polar surface area (TPSA) is 74.8 Å². The van der Waals surface area contributed by atoms with Crippen LogP contribution in [0.25, 0.3) is 16.9 Å². The van der Waals surface area contributed by atoms with Gasteiger partial charge >= 0.3 is 5.69 Å². The van der Waals surface area contributed by atoms with Crippen molar-refractivity contribution in [3.05, 3.63) is 87.2 Å². The number of benzene rings is 2. The van der Waals surface area contributed by atoms with Crippen LogP contribution < -0.4 is 10.4 Å². The number of rotatable bonds is 6. The van der Waals surface area contributed by atoms with E-state index in [1.807, 2.05) is 44.2 Å². The molecule has 0 atom stereocenters. The third kappa shape index (κ3) is 4.03. The summed E-state index contributed by atoms with van der Waals surface area (Å²) >= 11 is 0. The highest BCUT2D eigenvalue weighted by molar-refractivity contribution is 5.66. The second kappa shape index (κ2) is 8.74. The second-order valence-electron chi connectivity index (χ2n) is 7.65. The Labute approximate surface area is 185 Å². The van der Waals surface area contributed by atoms with Gasteiger partial charge in [-0.1, -0.05) is 19.1 Å². The number of tetrazole rings is 1. The molecule has 8 heteroatoms. The first-order chi connectivity index (χ1) is 15.4. The van der Waals surface area contributed by atoms with Crippen molar-refractivity contribution < 1.29 is 9.13 Å². The Kier molecular flexibility index (Phi) is 5.85. The van der Waals surface area contributed by atoms with E-state index in [1.54, 1.807) is 13.1 Å². The van der Waals surface area contributed by atoms with Crippen LogP contribution in [0.4, 0.5) is 4.39 Å². The molecule has 4 aromatic rings. The summed E-state index contributed by atoms with van der Waals surface area (Å²) in [6.07, 6.45) is 2.00. The number of hydrogen-bond acceptors (Lipinski definition) is 5. The molecule has 7 nitrogen and oxygen atoms in total. The zero-order valence-electron chi connectivity index (χ0n) is 18.5. The number of nitrogens with zero attached hydrogens (tertiary/aromatic N) is 5. The standard InChI is InChI=1S/C24H24FN5O2/c1-5-17-7-6-8-22(30-24(31)29(4)27-28-30)20(17)14-32-23-12-15(2)19(11-16(23)3)21-10-9-18(25)13-26-21/h6-13H,5,14H2,1-4H3. The molecule has 0 amide bonds. The van der Waals surface area contributed by atoms with Crippen LogP contribution >= 0.6 is 0 Å². The minimum Gasteiger partial charge on any atom is -0.489 e. The Morgan fingerprint density at radius 3 is 2.53 bits per heavy atom. The first kappa shape index (κ1) is 21.4. The summed E-state index contributed by atoms with van der Waals surface area (Å²) in [5, 5.41) is 7.81. The van der Waals surface area contributed by atoms with Gasteiger partial charge in [-0.2, -0.15) is 9.36 Å². The van der Waals surface area contributed by atoms with Crippen molar-refractivity contribution in [2.24, 2.45) is 7.05 Å². The lowest BCUT2D eigenvalue weighted by molar-refractivity contribution is 0.302. The smallest absolute Gasteiger partial charge is 0.368 e. The molecule has 0 bridgehead atoms. The highest BCUT2D eigenvalue weighted by Crippen LogP contribution is 2.30. The predicted octanol–water partition coefficient (Wildman–Crippen LogP) is 3.93. The quantitative estimate of drug-likeness (QED) is 0.461.